The summed E-state index contributed by atoms with van der Waals surface area (Å²) in [6, 6.07) is 5.90. The summed E-state index contributed by atoms with van der Waals surface area (Å²) in [5.74, 6) is -1.38. The molecule has 0 bridgehead atoms. The van der Waals surface area contributed by atoms with Crippen LogP contribution in [0.25, 0.3) is 0 Å². The summed E-state index contributed by atoms with van der Waals surface area (Å²) in [6.45, 7) is 5.94. The number of benzene rings is 1. The lowest BCUT2D eigenvalue weighted by atomic mass is 9.86. The lowest BCUT2D eigenvalue weighted by Gasteiger charge is -2.37. The molecule has 0 radical (unpaired) electrons. The van der Waals surface area contributed by atoms with Crippen LogP contribution in [0, 0.1) is 16.0 Å². The number of carbonyl (C=O) groups excluding carboxylic acids is 1. The van der Waals surface area contributed by atoms with Gasteiger partial charge in [-0.05, 0) is 25.8 Å². The van der Waals surface area contributed by atoms with Crippen LogP contribution in [0.2, 0.25) is 0 Å². The van der Waals surface area contributed by atoms with Crippen LogP contribution in [0.3, 0.4) is 0 Å². The Morgan fingerprint density at radius 1 is 1.30 bits per heavy atom. The van der Waals surface area contributed by atoms with Crippen LogP contribution in [0.4, 0.5) is 5.69 Å². The van der Waals surface area contributed by atoms with Gasteiger partial charge in [-0.15, -0.1) is 0 Å². The average Bonchev–Trinajstić information content (AvgIpc) is 2.73. The molecule has 0 saturated carbocycles. The highest BCUT2D eigenvalue weighted by Gasteiger charge is 2.46. The molecule has 10 heteroatoms. The van der Waals surface area contributed by atoms with Crippen molar-refractivity contribution in [2.75, 3.05) is 20.3 Å². The standard InChI is InChI=1S/C20H25N2O7P/c1-5-14-10-28-30(26,29-11-14)19-13(3)21-12(2)17(20(23)27-4)18(19)15-7-6-8-16(9-15)22(24)25/h6-9,14,18,21H,5,10-11H2,1-4H3. The summed E-state index contributed by atoms with van der Waals surface area (Å²) >= 11 is 0. The Balaban J connectivity index is 2.17. The molecule has 30 heavy (non-hydrogen) atoms. The van der Waals surface area contributed by atoms with Gasteiger partial charge in [0.2, 0.25) is 0 Å². The number of nitrogens with one attached hydrogen (secondary N) is 1. The molecule has 1 N–H and O–H groups in total. The molecule has 0 aromatic heterocycles. The summed E-state index contributed by atoms with van der Waals surface area (Å²) < 4.78 is 30.2. The third-order valence-corrected chi connectivity index (χ3v) is 7.54. The lowest BCUT2D eigenvalue weighted by Crippen LogP contribution is -2.31. The molecule has 0 amide bonds. The fourth-order valence-corrected chi connectivity index (χ4v) is 5.96. The van der Waals surface area contributed by atoms with Crippen molar-refractivity contribution in [1.82, 2.24) is 5.32 Å². The molecule has 1 fully saturated rings. The second-order valence-corrected chi connectivity index (χ2v) is 9.31. The Hall–Kier alpha value is -2.48. The van der Waals surface area contributed by atoms with E-state index in [1.165, 1.54) is 25.3 Å². The first kappa shape index (κ1) is 22.2. The zero-order valence-corrected chi connectivity index (χ0v) is 18.2. The van der Waals surface area contributed by atoms with Crippen molar-refractivity contribution < 1.29 is 28.1 Å². The van der Waals surface area contributed by atoms with E-state index in [4.69, 9.17) is 13.8 Å². The summed E-state index contributed by atoms with van der Waals surface area (Å²) in [7, 11) is -2.52. The third-order valence-electron chi connectivity index (χ3n) is 5.38. The number of dihydropyridines is 1. The van der Waals surface area contributed by atoms with Gasteiger partial charge in [-0.3, -0.25) is 14.7 Å². The summed E-state index contributed by atoms with van der Waals surface area (Å²) in [5.41, 5.74) is 1.53. The van der Waals surface area contributed by atoms with Gasteiger partial charge in [-0.1, -0.05) is 19.1 Å². The molecule has 0 spiro atoms. The second kappa shape index (κ2) is 8.71. The predicted octanol–water partition coefficient (Wildman–Crippen LogP) is 4.23. The molecule has 1 aromatic rings. The number of nitro groups is 1. The molecule has 1 aromatic carbocycles. The van der Waals surface area contributed by atoms with Crippen LogP contribution >= 0.6 is 7.60 Å². The molecule has 3 rings (SSSR count). The minimum atomic E-state index is -3.76. The minimum absolute atomic E-state index is 0.123. The molecule has 1 unspecified atom stereocenters. The van der Waals surface area contributed by atoms with Gasteiger partial charge in [0.1, 0.15) is 0 Å². The van der Waals surface area contributed by atoms with E-state index in [-0.39, 0.29) is 35.7 Å². The average molecular weight is 436 g/mol. The highest BCUT2D eigenvalue weighted by Crippen LogP contribution is 2.65. The molecule has 1 atom stereocenters. The Kier molecular flexibility index (Phi) is 6.45. The number of methoxy groups -OCH3 is 1. The van der Waals surface area contributed by atoms with E-state index in [0.29, 0.717) is 17.0 Å². The van der Waals surface area contributed by atoms with Crippen molar-refractivity contribution in [3.8, 4) is 0 Å². The number of nitrogens with zero attached hydrogens (tertiary/aromatic N) is 1. The maximum absolute atomic E-state index is 13.8. The van der Waals surface area contributed by atoms with E-state index in [2.05, 4.69) is 5.32 Å². The normalized spacial score (nSPS) is 26.9. The maximum atomic E-state index is 13.8. The SMILES string of the molecule is CCC1COP(=O)(C2=C(C)NC(C)=C(C(=O)OC)C2c2cccc([N+](=O)[O-])c2)OC1. The highest BCUT2D eigenvalue weighted by molar-refractivity contribution is 7.58. The molecule has 2 aliphatic heterocycles. The van der Waals surface area contributed by atoms with Gasteiger partial charge in [0, 0.05) is 29.4 Å². The number of esters is 1. The van der Waals surface area contributed by atoms with Crippen LogP contribution in [-0.2, 0) is 23.1 Å². The molecule has 162 valence electrons. The highest BCUT2D eigenvalue weighted by atomic mass is 31.2. The van der Waals surface area contributed by atoms with Gasteiger partial charge < -0.3 is 19.1 Å². The number of non-ortho nitro benzene ring substituents is 1. The molecule has 2 heterocycles. The third kappa shape index (κ3) is 4.05. The van der Waals surface area contributed by atoms with Gasteiger partial charge in [0.05, 0.1) is 42.1 Å². The van der Waals surface area contributed by atoms with Gasteiger partial charge in [-0.25, -0.2) is 4.79 Å². The van der Waals surface area contributed by atoms with Crippen molar-refractivity contribution in [1.29, 1.82) is 0 Å². The minimum Gasteiger partial charge on any atom is -0.466 e. The second-order valence-electron chi connectivity index (χ2n) is 7.31. The van der Waals surface area contributed by atoms with Gasteiger partial charge in [0.25, 0.3) is 5.69 Å². The van der Waals surface area contributed by atoms with E-state index in [1.54, 1.807) is 19.9 Å². The number of rotatable bonds is 5. The van der Waals surface area contributed by atoms with Crippen molar-refractivity contribution in [2.24, 2.45) is 5.92 Å². The molecule has 2 aliphatic rings. The first-order chi connectivity index (χ1) is 14.2. The largest absolute Gasteiger partial charge is 0.466 e. The molecule has 0 aliphatic carbocycles. The van der Waals surface area contributed by atoms with Gasteiger partial charge >= 0.3 is 13.6 Å². The van der Waals surface area contributed by atoms with Crippen molar-refractivity contribution >= 4 is 19.3 Å². The Morgan fingerprint density at radius 2 is 1.97 bits per heavy atom. The first-order valence-corrected chi connectivity index (χ1v) is 11.2. The number of nitro benzene ring substituents is 1. The zero-order valence-electron chi connectivity index (χ0n) is 17.3. The summed E-state index contributed by atoms with van der Waals surface area (Å²) in [5, 5.41) is 14.7. The van der Waals surface area contributed by atoms with Gasteiger partial charge in [-0.2, -0.15) is 0 Å². The van der Waals surface area contributed by atoms with Crippen molar-refractivity contribution in [3.63, 3.8) is 0 Å². The number of ether oxygens (including phenoxy) is 1. The Labute approximate surface area is 174 Å². The quantitative estimate of drug-likeness (QED) is 0.315. The monoisotopic (exact) mass is 436 g/mol. The van der Waals surface area contributed by atoms with Crippen LogP contribution < -0.4 is 5.32 Å². The topological polar surface area (TPSA) is 117 Å². The van der Waals surface area contributed by atoms with Gasteiger partial charge in [0.15, 0.2) is 0 Å². The molecular formula is C20H25N2O7P. The number of hydrogen-bond acceptors (Lipinski definition) is 8. The van der Waals surface area contributed by atoms with E-state index in [1.807, 2.05) is 6.92 Å². The van der Waals surface area contributed by atoms with E-state index in [9.17, 15) is 19.5 Å². The van der Waals surface area contributed by atoms with E-state index < -0.39 is 24.4 Å². The number of hydrogen-bond donors (Lipinski definition) is 1. The molecule has 1 saturated heterocycles. The number of carbonyl (C=O) groups is 1. The summed E-state index contributed by atoms with van der Waals surface area (Å²) in [6.07, 6.45) is 0.816. The van der Waals surface area contributed by atoms with Crippen LogP contribution in [0.5, 0.6) is 0 Å². The van der Waals surface area contributed by atoms with Crippen LogP contribution in [-0.4, -0.2) is 31.2 Å². The van der Waals surface area contributed by atoms with Crippen LogP contribution in [0.15, 0.2) is 46.5 Å². The number of allylic oxidation sites excluding steroid dienone is 3. The van der Waals surface area contributed by atoms with Crippen molar-refractivity contribution in [2.45, 2.75) is 33.1 Å². The van der Waals surface area contributed by atoms with Crippen LogP contribution in [0.1, 0.15) is 38.7 Å². The Bertz CT molecular complexity index is 973. The molecule has 9 nitrogen and oxygen atoms in total. The Morgan fingerprint density at radius 3 is 2.53 bits per heavy atom. The van der Waals surface area contributed by atoms with E-state index in [0.717, 1.165) is 6.42 Å². The maximum Gasteiger partial charge on any atom is 0.360 e. The fraction of sp³-hybridized carbons (Fsp3) is 0.450. The lowest BCUT2D eigenvalue weighted by molar-refractivity contribution is -0.384. The smallest absolute Gasteiger partial charge is 0.360 e. The molecular weight excluding hydrogens is 411 g/mol. The van der Waals surface area contributed by atoms with Crippen molar-refractivity contribution in [3.05, 3.63) is 62.2 Å². The summed E-state index contributed by atoms with van der Waals surface area (Å²) in [4.78, 5) is 23.5. The predicted molar refractivity (Wildman–Crippen MR) is 110 cm³/mol. The fourth-order valence-electron chi connectivity index (χ4n) is 3.74. The van der Waals surface area contributed by atoms with E-state index >= 15 is 0 Å². The first-order valence-electron chi connectivity index (χ1n) is 9.62. The zero-order chi connectivity index (χ0) is 22.1.